The smallest absolute Gasteiger partial charge is 0.253 e. The maximum absolute atomic E-state index is 12.4. The van der Waals surface area contributed by atoms with Gasteiger partial charge in [0.2, 0.25) is 0 Å². The summed E-state index contributed by atoms with van der Waals surface area (Å²) in [5.41, 5.74) is 1.86. The van der Waals surface area contributed by atoms with Gasteiger partial charge in [-0.3, -0.25) is 4.79 Å². The molecule has 0 aliphatic carbocycles. The molecule has 0 bridgehead atoms. The van der Waals surface area contributed by atoms with Gasteiger partial charge in [0, 0.05) is 28.5 Å². The first-order valence-corrected chi connectivity index (χ1v) is 8.12. The molecule has 0 atom stereocenters. The number of halogens is 2. The van der Waals surface area contributed by atoms with Gasteiger partial charge in [0.15, 0.2) is 0 Å². The van der Waals surface area contributed by atoms with Gasteiger partial charge in [-0.05, 0) is 37.1 Å². The van der Waals surface area contributed by atoms with Crippen LogP contribution in [0.5, 0.6) is 0 Å². The van der Waals surface area contributed by atoms with Crippen molar-refractivity contribution in [2.45, 2.75) is 26.7 Å². The molecule has 0 saturated carbocycles. The largest absolute Gasteiger partial charge is 0.338 e. The molecule has 0 aliphatic rings. The lowest BCUT2D eigenvalue weighted by atomic mass is 10.1. The van der Waals surface area contributed by atoms with Crippen LogP contribution in [0, 0.1) is 6.92 Å². The van der Waals surface area contributed by atoms with E-state index in [0.29, 0.717) is 0 Å². The van der Waals surface area contributed by atoms with Crippen molar-refractivity contribution in [2.24, 2.45) is 0 Å². The van der Waals surface area contributed by atoms with E-state index >= 15 is 0 Å². The summed E-state index contributed by atoms with van der Waals surface area (Å²) in [5.74, 6) is 0.118. The average Bonchev–Trinajstić information content (AvgIpc) is 2.32. The van der Waals surface area contributed by atoms with E-state index < -0.39 is 0 Å². The number of benzene rings is 1. The van der Waals surface area contributed by atoms with Crippen molar-refractivity contribution in [1.82, 2.24) is 4.90 Å². The summed E-state index contributed by atoms with van der Waals surface area (Å²) in [6.45, 7) is 5.72. The van der Waals surface area contributed by atoms with Crippen molar-refractivity contribution in [3.05, 3.63) is 33.8 Å². The Morgan fingerprint density at radius 1 is 1.28 bits per heavy atom. The Morgan fingerprint density at radius 2 is 2.00 bits per heavy atom. The van der Waals surface area contributed by atoms with Crippen LogP contribution in [0.2, 0.25) is 0 Å². The molecule has 2 nitrogen and oxygen atoms in total. The number of amides is 1. The molecule has 0 N–H and O–H groups in total. The van der Waals surface area contributed by atoms with E-state index in [1.165, 1.54) is 0 Å². The van der Waals surface area contributed by atoms with Crippen molar-refractivity contribution in [3.8, 4) is 0 Å². The molecule has 0 saturated heterocycles. The van der Waals surface area contributed by atoms with Crippen LogP contribution in [0.25, 0.3) is 0 Å². The van der Waals surface area contributed by atoms with Crippen molar-refractivity contribution >= 4 is 37.8 Å². The second kappa shape index (κ2) is 7.95. The van der Waals surface area contributed by atoms with E-state index in [1.807, 2.05) is 30.0 Å². The first-order valence-electron chi connectivity index (χ1n) is 6.21. The molecule has 100 valence electrons. The number of alkyl halides is 1. The Labute approximate surface area is 126 Å². The second-order valence-corrected chi connectivity index (χ2v) is 6.06. The molecule has 0 fully saturated rings. The summed E-state index contributed by atoms with van der Waals surface area (Å²) in [5, 5.41) is 0.815. The third-order valence-electron chi connectivity index (χ3n) is 2.71. The van der Waals surface area contributed by atoms with E-state index in [2.05, 4.69) is 38.8 Å². The number of unbranched alkanes of at least 4 members (excludes halogenated alkanes) is 1. The molecule has 4 heteroatoms. The summed E-state index contributed by atoms with van der Waals surface area (Å²) in [6.07, 6.45) is 2.15. The Hall–Kier alpha value is -0.350. The molecule has 1 amide bonds. The van der Waals surface area contributed by atoms with Crippen molar-refractivity contribution in [3.63, 3.8) is 0 Å². The normalized spacial score (nSPS) is 10.4. The SMILES string of the molecule is CCCCN(CCBr)C(=O)c1cc(C)cc(Br)c1. The lowest BCUT2D eigenvalue weighted by molar-refractivity contribution is 0.0764. The molecule has 1 aromatic carbocycles. The first kappa shape index (κ1) is 15.7. The lowest BCUT2D eigenvalue weighted by Gasteiger charge is -2.22. The van der Waals surface area contributed by atoms with Crippen molar-refractivity contribution in [2.75, 3.05) is 18.4 Å². The van der Waals surface area contributed by atoms with Crippen LogP contribution < -0.4 is 0 Å². The van der Waals surface area contributed by atoms with Crippen LogP contribution in [-0.4, -0.2) is 29.2 Å². The standard InChI is InChI=1S/C14H19Br2NO/c1-3-4-6-17(7-5-15)14(18)12-8-11(2)9-13(16)10-12/h8-10H,3-7H2,1-2H3. The summed E-state index contributed by atoms with van der Waals surface area (Å²) in [7, 11) is 0. The minimum Gasteiger partial charge on any atom is -0.338 e. The first-order chi connectivity index (χ1) is 8.58. The minimum atomic E-state index is 0.118. The quantitative estimate of drug-likeness (QED) is 0.674. The molecule has 1 aromatic rings. The minimum absolute atomic E-state index is 0.118. The number of rotatable bonds is 6. The Bertz CT molecular complexity index is 387. The van der Waals surface area contributed by atoms with Gasteiger partial charge in [0.05, 0.1) is 0 Å². The molecule has 1 rings (SSSR count). The zero-order valence-corrected chi connectivity index (χ0v) is 14.1. The molecule has 0 unspecified atom stereocenters. The van der Waals surface area contributed by atoms with Gasteiger partial charge in [-0.2, -0.15) is 0 Å². The summed E-state index contributed by atoms with van der Waals surface area (Å²) in [4.78, 5) is 14.3. The molecular weight excluding hydrogens is 358 g/mol. The number of carbonyl (C=O) groups is 1. The number of hydrogen-bond acceptors (Lipinski definition) is 1. The van der Waals surface area contributed by atoms with Crippen LogP contribution in [0.1, 0.15) is 35.7 Å². The van der Waals surface area contributed by atoms with Crippen LogP contribution >= 0.6 is 31.9 Å². The fraction of sp³-hybridized carbons (Fsp3) is 0.500. The van der Waals surface area contributed by atoms with Gasteiger partial charge in [0.25, 0.3) is 5.91 Å². The summed E-state index contributed by atoms with van der Waals surface area (Å²) < 4.78 is 0.958. The second-order valence-electron chi connectivity index (χ2n) is 4.35. The zero-order chi connectivity index (χ0) is 13.5. The summed E-state index contributed by atoms with van der Waals surface area (Å²) in [6, 6.07) is 5.85. The van der Waals surface area contributed by atoms with Crippen LogP contribution in [0.15, 0.2) is 22.7 Å². The zero-order valence-electron chi connectivity index (χ0n) is 10.9. The molecular formula is C14H19Br2NO. The van der Waals surface area contributed by atoms with E-state index in [4.69, 9.17) is 0 Å². The molecule has 18 heavy (non-hydrogen) atoms. The van der Waals surface area contributed by atoms with E-state index in [9.17, 15) is 4.79 Å². The Kier molecular flexibility index (Phi) is 6.94. The number of hydrogen-bond donors (Lipinski definition) is 0. The van der Waals surface area contributed by atoms with Gasteiger partial charge in [-0.1, -0.05) is 45.2 Å². The fourth-order valence-electron chi connectivity index (χ4n) is 1.81. The van der Waals surface area contributed by atoms with E-state index in [0.717, 1.165) is 46.9 Å². The predicted molar refractivity (Wildman–Crippen MR) is 83.5 cm³/mol. The highest BCUT2D eigenvalue weighted by Crippen LogP contribution is 2.17. The van der Waals surface area contributed by atoms with Crippen molar-refractivity contribution in [1.29, 1.82) is 0 Å². The molecule has 0 heterocycles. The maximum atomic E-state index is 12.4. The van der Waals surface area contributed by atoms with Gasteiger partial charge in [-0.25, -0.2) is 0 Å². The Balaban J connectivity index is 2.86. The molecule has 0 aromatic heterocycles. The lowest BCUT2D eigenvalue weighted by Crippen LogP contribution is -2.33. The monoisotopic (exact) mass is 375 g/mol. The molecule has 0 aliphatic heterocycles. The van der Waals surface area contributed by atoms with Crippen LogP contribution in [0.4, 0.5) is 0 Å². The fourth-order valence-corrected chi connectivity index (χ4v) is 2.84. The predicted octanol–water partition coefficient (Wildman–Crippen LogP) is 4.39. The van der Waals surface area contributed by atoms with Gasteiger partial charge < -0.3 is 4.90 Å². The van der Waals surface area contributed by atoms with Gasteiger partial charge >= 0.3 is 0 Å². The third-order valence-corrected chi connectivity index (χ3v) is 3.52. The third kappa shape index (κ3) is 4.73. The number of nitrogens with zero attached hydrogens (tertiary/aromatic N) is 1. The average molecular weight is 377 g/mol. The maximum Gasteiger partial charge on any atom is 0.253 e. The van der Waals surface area contributed by atoms with Crippen molar-refractivity contribution < 1.29 is 4.79 Å². The van der Waals surface area contributed by atoms with E-state index in [1.54, 1.807) is 0 Å². The number of aryl methyl sites for hydroxylation is 1. The summed E-state index contributed by atoms with van der Waals surface area (Å²) >= 11 is 6.85. The van der Waals surface area contributed by atoms with Crippen LogP contribution in [-0.2, 0) is 0 Å². The molecule has 0 radical (unpaired) electrons. The van der Waals surface area contributed by atoms with Gasteiger partial charge in [0.1, 0.15) is 0 Å². The molecule has 0 spiro atoms. The van der Waals surface area contributed by atoms with Crippen LogP contribution in [0.3, 0.4) is 0 Å². The Morgan fingerprint density at radius 3 is 2.56 bits per heavy atom. The highest BCUT2D eigenvalue weighted by atomic mass is 79.9. The van der Waals surface area contributed by atoms with E-state index in [-0.39, 0.29) is 5.91 Å². The topological polar surface area (TPSA) is 20.3 Å². The van der Waals surface area contributed by atoms with Gasteiger partial charge in [-0.15, -0.1) is 0 Å². The number of carbonyl (C=O) groups excluding carboxylic acids is 1. The highest BCUT2D eigenvalue weighted by Gasteiger charge is 2.15. The highest BCUT2D eigenvalue weighted by molar-refractivity contribution is 9.10.